The normalized spacial score (nSPS) is 10.2. The Labute approximate surface area is 114 Å². The van der Waals surface area contributed by atoms with Crippen molar-refractivity contribution in [3.05, 3.63) is 27.9 Å². The van der Waals surface area contributed by atoms with Crippen LogP contribution in [0.2, 0.25) is 0 Å². The topological polar surface area (TPSA) is 105 Å². The van der Waals surface area contributed by atoms with Crippen molar-refractivity contribution < 1.29 is 14.8 Å². The number of anilines is 1. The van der Waals surface area contributed by atoms with Crippen molar-refractivity contribution in [2.45, 2.75) is 12.8 Å². The smallest absolute Gasteiger partial charge is 0.342 e. The van der Waals surface area contributed by atoms with Crippen LogP contribution in [0.5, 0.6) is 0 Å². The molecule has 0 fully saturated rings. The van der Waals surface area contributed by atoms with E-state index in [1.54, 1.807) is 11.8 Å². The maximum absolute atomic E-state index is 10.9. The van der Waals surface area contributed by atoms with Gasteiger partial charge in [-0.1, -0.05) is 0 Å². The van der Waals surface area contributed by atoms with Crippen LogP contribution in [-0.2, 0) is 0 Å². The second-order valence-electron chi connectivity index (χ2n) is 3.78. The van der Waals surface area contributed by atoms with Gasteiger partial charge in [0, 0.05) is 12.6 Å². The number of unbranched alkanes of at least 4 members (excludes halogenated alkanes) is 1. The van der Waals surface area contributed by atoms with E-state index in [0.29, 0.717) is 12.4 Å². The molecule has 104 valence electrons. The Morgan fingerprint density at radius 1 is 1.58 bits per heavy atom. The van der Waals surface area contributed by atoms with Crippen molar-refractivity contribution in [1.82, 2.24) is 4.98 Å². The summed E-state index contributed by atoms with van der Waals surface area (Å²) in [4.78, 5) is 24.7. The Balaban J connectivity index is 2.68. The summed E-state index contributed by atoms with van der Waals surface area (Å²) in [5.74, 6) is 0.0714. The molecule has 0 saturated carbocycles. The Kier molecular flexibility index (Phi) is 6.07. The molecule has 2 N–H and O–H groups in total. The monoisotopic (exact) mass is 285 g/mol. The number of aromatic carboxylic acids is 1. The first-order valence-corrected chi connectivity index (χ1v) is 7.06. The summed E-state index contributed by atoms with van der Waals surface area (Å²) in [5.41, 5.74) is -0.855. The highest BCUT2D eigenvalue weighted by molar-refractivity contribution is 7.98. The lowest BCUT2D eigenvalue weighted by Gasteiger charge is -2.06. The molecule has 1 aromatic heterocycles. The molecule has 0 unspecified atom stereocenters. The van der Waals surface area contributed by atoms with Crippen LogP contribution in [-0.4, -0.2) is 39.5 Å². The molecule has 1 aromatic rings. The number of pyridine rings is 1. The van der Waals surface area contributed by atoms with Gasteiger partial charge in [0.1, 0.15) is 17.6 Å². The number of thioether (sulfide) groups is 1. The van der Waals surface area contributed by atoms with E-state index in [1.165, 1.54) is 6.07 Å². The van der Waals surface area contributed by atoms with Gasteiger partial charge in [0.15, 0.2) is 0 Å². The van der Waals surface area contributed by atoms with E-state index in [2.05, 4.69) is 10.3 Å². The molecule has 0 aliphatic carbocycles. The zero-order valence-electron chi connectivity index (χ0n) is 10.5. The molecule has 0 aliphatic heterocycles. The van der Waals surface area contributed by atoms with Crippen molar-refractivity contribution in [2.24, 2.45) is 0 Å². The lowest BCUT2D eigenvalue weighted by atomic mass is 10.2. The van der Waals surface area contributed by atoms with Crippen molar-refractivity contribution >= 4 is 29.2 Å². The Morgan fingerprint density at radius 2 is 2.32 bits per heavy atom. The molecular weight excluding hydrogens is 270 g/mol. The van der Waals surface area contributed by atoms with Gasteiger partial charge in [0.2, 0.25) is 0 Å². The number of aromatic nitrogens is 1. The summed E-state index contributed by atoms with van der Waals surface area (Å²) in [6, 6.07) is 1.19. The predicted molar refractivity (Wildman–Crippen MR) is 74.0 cm³/mol. The molecule has 0 radical (unpaired) electrons. The van der Waals surface area contributed by atoms with Crippen LogP contribution in [0.15, 0.2) is 12.3 Å². The summed E-state index contributed by atoms with van der Waals surface area (Å²) < 4.78 is 0. The molecule has 0 aromatic carbocycles. The Morgan fingerprint density at radius 3 is 2.89 bits per heavy atom. The average Bonchev–Trinajstić information content (AvgIpc) is 2.38. The molecule has 7 nitrogen and oxygen atoms in total. The van der Waals surface area contributed by atoms with Crippen LogP contribution in [0, 0.1) is 10.1 Å². The minimum absolute atomic E-state index is 0.340. The molecule has 1 heterocycles. The predicted octanol–water partition coefficient (Wildman–Crippen LogP) is 2.24. The third-order valence-corrected chi connectivity index (χ3v) is 3.09. The van der Waals surface area contributed by atoms with Gasteiger partial charge >= 0.3 is 11.7 Å². The van der Waals surface area contributed by atoms with Crippen LogP contribution in [0.3, 0.4) is 0 Å². The zero-order chi connectivity index (χ0) is 14.3. The number of nitrogens with one attached hydrogen (secondary N) is 1. The quantitative estimate of drug-likeness (QED) is 0.428. The minimum atomic E-state index is -1.33. The molecule has 19 heavy (non-hydrogen) atoms. The molecular formula is C11H15N3O4S. The fraction of sp³-hybridized carbons (Fsp3) is 0.455. The fourth-order valence-corrected chi connectivity index (χ4v) is 1.94. The number of carboxylic acids is 1. The summed E-state index contributed by atoms with van der Waals surface area (Å²) in [6.07, 6.45) is 4.98. The van der Waals surface area contributed by atoms with Crippen LogP contribution < -0.4 is 5.32 Å². The molecule has 1 rings (SSSR count). The Hall–Kier alpha value is -1.83. The number of carboxylic acid groups (broad SMARTS) is 1. The van der Waals surface area contributed by atoms with Gasteiger partial charge in [-0.2, -0.15) is 11.8 Å². The van der Waals surface area contributed by atoms with E-state index in [1.807, 2.05) is 6.26 Å². The molecule has 8 heteroatoms. The highest BCUT2D eigenvalue weighted by Gasteiger charge is 2.20. The lowest BCUT2D eigenvalue weighted by Crippen LogP contribution is -2.08. The second kappa shape index (κ2) is 7.57. The van der Waals surface area contributed by atoms with Crippen LogP contribution in [0.4, 0.5) is 11.5 Å². The fourth-order valence-electron chi connectivity index (χ4n) is 1.45. The second-order valence-corrected chi connectivity index (χ2v) is 4.76. The maximum Gasteiger partial charge on any atom is 0.342 e. The first-order chi connectivity index (χ1) is 9.06. The largest absolute Gasteiger partial charge is 0.477 e. The lowest BCUT2D eigenvalue weighted by molar-refractivity contribution is -0.385. The highest BCUT2D eigenvalue weighted by Crippen LogP contribution is 2.20. The average molecular weight is 285 g/mol. The van der Waals surface area contributed by atoms with Crippen LogP contribution in [0.25, 0.3) is 0 Å². The molecule has 0 amide bonds. The van der Waals surface area contributed by atoms with E-state index in [0.717, 1.165) is 24.8 Å². The van der Waals surface area contributed by atoms with E-state index in [9.17, 15) is 14.9 Å². The molecule has 0 saturated heterocycles. The van der Waals surface area contributed by atoms with Gasteiger partial charge in [0.05, 0.1) is 4.92 Å². The number of nitro groups is 1. The van der Waals surface area contributed by atoms with E-state index < -0.39 is 16.6 Å². The summed E-state index contributed by atoms with van der Waals surface area (Å²) in [6.45, 7) is 0.657. The highest BCUT2D eigenvalue weighted by atomic mass is 32.2. The van der Waals surface area contributed by atoms with Crippen LogP contribution >= 0.6 is 11.8 Å². The number of rotatable bonds is 8. The van der Waals surface area contributed by atoms with Gasteiger partial charge in [-0.3, -0.25) is 10.1 Å². The molecule has 0 spiro atoms. The van der Waals surface area contributed by atoms with Crippen LogP contribution in [0.1, 0.15) is 23.2 Å². The molecule has 0 bridgehead atoms. The van der Waals surface area contributed by atoms with Crippen molar-refractivity contribution in [3.63, 3.8) is 0 Å². The summed E-state index contributed by atoms with van der Waals surface area (Å²) >= 11 is 1.76. The third kappa shape index (κ3) is 4.74. The zero-order valence-corrected chi connectivity index (χ0v) is 11.3. The summed E-state index contributed by atoms with van der Waals surface area (Å²) in [5, 5.41) is 22.5. The third-order valence-electron chi connectivity index (χ3n) is 2.39. The van der Waals surface area contributed by atoms with Crippen molar-refractivity contribution in [2.75, 3.05) is 23.9 Å². The Bertz CT molecular complexity index is 467. The first kappa shape index (κ1) is 15.2. The molecule has 0 aliphatic rings. The van der Waals surface area contributed by atoms with Gasteiger partial charge in [-0.25, -0.2) is 9.78 Å². The van der Waals surface area contributed by atoms with Crippen molar-refractivity contribution in [1.29, 1.82) is 0 Å². The standard InChI is InChI=1S/C11H15N3O4S/c1-19-5-3-2-4-12-10-6-8(11(15)16)9(7-13-10)14(17)18/h6-7H,2-5H2,1H3,(H,12,13)(H,15,16). The van der Waals surface area contributed by atoms with E-state index in [4.69, 9.17) is 5.11 Å². The number of nitrogens with zero attached hydrogens (tertiary/aromatic N) is 2. The summed E-state index contributed by atoms with van der Waals surface area (Å²) in [7, 11) is 0. The van der Waals surface area contributed by atoms with E-state index >= 15 is 0 Å². The SMILES string of the molecule is CSCCCCNc1cc(C(=O)O)c([N+](=O)[O-])cn1. The van der Waals surface area contributed by atoms with Gasteiger partial charge < -0.3 is 10.4 Å². The van der Waals surface area contributed by atoms with Crippen molar-refractivity contribution in [3.8, 4) is 0 Å². The van der Waals surface area contributed by atoms with Gasteiger partial charge in [-0.05, 0) is 24.9 Å². The van der Waals surface area contributed by atoms with E-state index in [-0.39, 0.29) is 5.56 Å². The molecule has 0 atom stereocenters. The number of hydrogen-bond acceptors (Lipinski definition) is 6. The number of carbonyl (C=O) groups is 1. The maximum atomic E-state index is 10.9. The minimum Gasteiger partial charge on any atom is -0.477 e. The van der Waals surface area contributed by atoms with Gasteiger partial charge in [-0.15, -0.1) is 0 Å². The first-order valence-electron chi connectivity index (χ1n) is 5.66. The van der Waals surface area contributed by atoms with Gasteiger partial charge in [0.25, 0.3) is 0 Å². The number of hydrogen-bond donors (Lipinski definition) is 2.